The molecule has 0 bridgehead atoms. The van der Waals surface area contributed by atoms with Crippen LogP contribution in [-0.2, 0) is 23.8 Å². The quantitative estimate of drug-likeness (QED) is 0.728. The van der Waals surface area contributed by atoms with Gasteiger partial charge in [-0.3, -0.25) is 9.78 Å². The number of hydrogen-bond donors (Lipinski definition) is 1. The Labute approximate surface area is 164 Å². The van der Waals surface area contributed by atoms with Crippen LogP contribution in [0, 0.1) is 0 Å². The average Bonchev–Trinajstić information content (AvgIpc) is 3.11. The van der Waals surface area contributed by atoms with Crippen LogP contribution in [-0.4, -0.2) is 20.9 Å². The number of benzene rings is 1. The van der Waals surface area contributed by atoms with Gasteiger partial charge in [0, 0.05) is 41.8 Å². The Bertz CT molecular complexity index is 1080. The predicted molar refractivity (Wildman–Crippen MR) is 100 cm³/mol. The minimum atomic E-state index is -4.40. The van der Waals surface area contributed by atoms with Crippen molar-refractivity contribution in [1.29, 1.82) is 0 Å². The molecule has 2 heterocycles. The Hall–Kier alpha value is -3.55. The summed E-state index contributed by atoms with van der Waals surface area (Å²) in [6.07, 6.45) is 4.52. The maximum absolute atomic E-state index is 12.7. The fraction of sp³-hybridized carbons (Fsp3) is 0.143. The summed E-state index contributed by atoms with van der Waals surface area (Å²) in [4.78, 5) is 24.9. The summed E-state index contributed by atoms with van der Waals surface area (Å²) < 4.78 is 38.0. The second-order valence-electron chi connectivity index (χ2n) is 6.55. The summed E-state index contributed by atoms with van der Waals surface area (Å²) in [5.41, 5.74) is 3.68. The maximum atomic E-state index is 12.7. The monoisotopic (exact) mass is 396 g/mol. The lowest BCUT2D eigenvalue weighted by atomic mass is 10.0. The summed E-state index contributed by atoms with van der Waals surface area (Å²) >= 11 is 0. The molecular formula is C21H15F3N4O. The van der Waals surface area contributed by atoms with Gasteiger partial charge >= 0.3 is 6.18 Å². The standard InChI is InChI=1S/C21H15F3N4O/c22-21(23,24)15-3-1-13(2-4-15)9-19(29)28-18-6-5-17-20(18)16(7-8-27-17)14-10-25-12-26-11-14/h1-4,6-8,10-12H,5,9H2,(H,28,29). The predicted octanol–water partition coefficient (Wildman–Crippen LogP) is 3.81. The van der Waals surface area contributed by atoms with Crippen molar-refractivity contribution in [2.24, 2.45) is 0 Å². The van der Waals surface area contributed by atoms with E-state index in [1.807, 2.05) is 12.1 Å². The van der Waals surface area contributed by atoms with Crippen molar-refractivity contribution < 1.29 is 18.0 Å². The molecule has 0 fully saturated rings. The molecule has 1 aliphatic carbocycles. The topological polar surface area (TPSA) is 67.8 Å². The summed E-state index contributed by atoms with van der Waals surface area (Å²) in [6.45, 7) is 0. The van der Waals surface area contributed by atoms with E-state index in [9.17, 15) is 18.0 Å². The van der Waals surface area contributed by atoms with Gasteiger partial charge in [-0.25, -0.2) is 9.97 Å². The van der Waals surface area contributed by atoms with E-state index >= 15 is 0 Å². The van der Waals surface area contributed by atoms with Gasteiger partial charge in [-0.2, -0.15) is 13.2 Å². The molecule has 1 aromatic carbocycles. The van der Waals surface area contributed by atoms with Gasteiger partial charge < -0.3 is 5.32 Å². The number of halogens is 3. The van der Waals surface area contributed by atoms with E-state index in [0.29, 0.717) is 17.7 Å². The number of carbonyl (C=O) groups is 1. The number of pyridine rings is 1. The third-order valence-corrected chi connectivity index (χ3v) is 4.59. The zero-order valence-electron chi connectivity index (χ0n) is 15.1. The van der Waals surface area contributed by atoms with Crippen LogP contribution in [0.25, 0.3) is 16.8 Å². The molecule has 0 atom stereocenters. The normalized spacial score (nSPS) is 13.0. The number of nitrogens with zero attached hydrogens (tertiary/aromatic N) is 3. The second kappa shape index (κ2) is 7.46. The van der Waals surface area contributed by atoms with Gasteiger partial charge in [0.05, 0.1) is 17.7 Å². The number of nitrogens with one attached hydrogen (secondary N) is 1. The van der Waals surface area contributed by atoms with E-state index in [1.54, 1.807) is 18.6 Å². The smallest absolute Gasteiger partial charge is 0.325 e. The van der Waals surface area contributed by atoms with Crippen molar-refractivity contribution in [2.75, 3.05) is 0 Å². The van der Waals surface area contributed by atoms with Crippen molar-refractivity contribution in [1.82, 2.24) is 20.3 Å². The number of aromatic nitrogens is 3. The van der Waals surface area contributed by atoms with Crippen LogP contribution in [0.2, 0.25) is 0 Å². The van der Waals surface area contributed by atoms with Crippen LogP contribution in [0.1, 0.15) is 22.4 Å². The first kappa shape index (κ1) is 18.8. The highest BCUT2D eigenvalue weighted by atomic mass is 19.4. The Kier molecular flexibility index (Phi) is 4.84. The molecule has 0 radical (unpaired) electrons. The Morgan fingerprint density at radius 1 is 1.07 bits per heavy atom. The van der Waals surface area contributed by atoms with Crippen molar-refractivity contribution in [2.45, 2.75) is 19.0 Å². The second-order valence-corrected chi connectivity index (χ2v) is 6.55. The first-order valence-corrected chi connectivity index (χ1v) is 8.81. The van der Waals surface area contributed by atoms with Gasteiger partial charge in [-0.15, -0.1) is 0 Å². The van der Waals surface area contributed by atoms with E-state index < -0.39 is 11.7 Å². The lowest BCUT2D eigenvalue weighted by Gasteiger charge is -2.13. The van der Waals surface area contributed by atoms with E-state index in [-0.39, 0.29) is 12.3 Å². The van der Waals surface area contributed by atoms with Crippen LogP contribution in [0.5, 0.6) is 0 Å². The molecular weight excluding hydrogens is 381 g/mol. The summed E-state index contributed by atoms with van der Waals surface area (Å²) in [5, 5.41) is 2.86. The number of hydrogen-bond acceptors (Lipinski definition) is 4. The molecule has 0 saturated carbocycles. The molecule has 1 aliphatic rings. The fourth-order valence-electron chi connectivity index (χ4n) is 3.24. The van der Waals surface area contributed by atoms with Gasteiger partial charge in [0.2, 0.25) is 5.91 Å². The van der Waals surface area contributed by atoms with Crippen LogP contribution in [0.15, 0.2) is 61.3 Å². The number of alkyl halides is 3. The van der Waals surface area contributed by atoms with Crippen LogP contribution in [0.3, 0.4) is 0 Å². The van der Waals surface area contributed by atoms with Crippen LogP contribution >= 0.6 is 0 Å². The molecule has 1 amide bonds. The van der Waals surface area contributed by atoms with Crippen LogP contribution in [0.4, 0.5) is 13.2 Å². The third kappa shape index (κ3) is 4.01. The number of carbonyl (C=O) groups excluding carboxylic acids is 1. The lowest BCUT2D eigenvalue weighted by molar-refractivity contribution is -0.137. The lowest BCUT2D eigenvalue weighted by Crippen LogP contribution is -2.23. The molecule has 1 N–H and O–H groups in total. The van der Waals surface area contributed by atoms with E-state index in [0.717, 1.165) is 34.5 Å². The van der Waals surface area contributed by atoms with E-state index in [4.69, 9.17) is 0 Å². The Balaban J connectivity index is 1.52. The highest BCUT2D eigenvalue weighted by Gasteiger charge is 2.30. The molecule has 2 aromatic heterocycles. The van der Waals surface area contributed by atoms with Gasteiger partial charge in [0.15, 0.2) is 0 Å². The highest BCUT2D eigenvalue weighted by molar-refractivity contribution is 5.93. The molecule has 0 unspecified atom stereocenters. The summed E-state index contributed by atoms with van der Waals surface area (Å²) in [6, 6.07) is 6.41. The molecule has 146 valence electrons. The molecule has 5 nitrogen and oxygen atoms in total. The van der Waals surface area contributed by atoms with Crippen molar-refractivity contribution >= 4 is 11.6 Å². The summed E-state index contributed by atoms with van der Waals surface area (Å²) in [7, 11) is 0. The molecule has 29 heavy (non-hydrogen) atoms. The first-order chi connectivity index (χ1) is 13.9. The largest absolute Gasteiger partial charge is 0.416 e. The SMILES string of the molecule is O=C(Cc1ccc(C(F)(F)F)cc1)NC1=CCc2nccc(-c3cncnc3)c21. The first-order valence-electron chi connectivity index (χ1n) is 8.81. The minimum absolute atomic E-state index is 0.0329. The molecule has 0 spiro atoms. The van der Waals surface area contributed by atoms with E-state index in [1.165, 1.54) is 18.5 Å². The van der Waals surface area contributed by atoms with Gasteiger partial charge in [0.1, 0.15) is 6.33 Å². The third-order valence-electron chi connectivity index (χ3n) is 4.59. The molecule has 3 aromatic rings. The Morgan fingerprint density at radius 3 is 2.48 bits per heavy atom. The molecule has 0 aliphatic heterocycles. The number of fused-ring (bicyclic) bond motifs is 1. The minimum Gasteiger partial charge on any atom is -0.325 e. The van der Waals surface area contributed by atoms with Crippen molar-refractivity contribution in [3.8, 4) is 11.1 Å². The van der Waals surface area contributed by atoms with Gasteiger partial charge in [0.25, 0.3) is 0 Å². The number of rotatable bonds is 4. The van der Waals surface area contributed by atoms with Crippen molar-refractivity contribution in [3.63, 3.8) is 0 Å². The number of allylic oxidation sites excluding steroid dienone is 1. The highest BCUT2D eigenvalue weighted by Crippen LogP contribution is 2.33. The van der Waals surface area contributed by atoms with Crippen LogP contribution < -0.4 is 5.32 Å². The average molecular weight is 396 g/mol. The van der Waals surface area contributed by atoms with Gasteiger partial charge in [-0.1, -0.05) is 18.2 Å². The Morgan fingerprint density at radius 2 is 1.79 bits per heavy atom. The zero-order valence-corrected chi connectivity index (χ0v) is 15.1. The molecule has 4 rings (SSSR count). The maximum Gasteiger partial charge on any atom is 0.416 e. The fourth-order valence-corrected chi connectivity index (χ4v) is 3.24. The number of amides is 1. The molecule has 0 saturated heterocycles. The van der Waals surface area contributed by atoms with Crippen molar-refractivity contribution in [3.05, 3.63) is 83.7 Å². The van der Waals surface area contributed by atoms with Gasteiger partial charge in [-0.05, 0) is 29.3 Å². The zero-order chi connectivity index (χ0) is 20.4. The van der Waals surface area contributed by atoms with E-state index in [2.05, 4.69) is 20.3 Å². The summed E-state index contributed by atoms with van der Waals surface area (Å²) in [5.74, 6) is -0.317. The molecule has 8 heteroatoms.